The number of benzene rings is 2. The number of fused-ring (bicyclic) bond motifs is 2. The van der Waals surface area contributed by atoms with Crippen LogP contribution < -0.4 is 9.47 Å². The number of esters is 3. The number of carbonyl (C=O) groups is 5. The van der Waals surface area contributed by atoms with Crippen LogP contribution in [0.25, 0.3) is 0 Å². The Balaban J connectivity index is 1.80. The molecule has 33 heavy (non-hydrogen) atoms. The van der Waals surface area contributed by atoms with Crippen LogP contribution in [0.3, 0.4) is 0 Å². The van der Waals surface area contributed by atoms with Crippen molar-refractivity contribution >= 4 is 29.5 Å². The zero-order valence-corrected chi connectivity index (χ0v) is 18.3. The quantitative estimate of drug-likeness (QED) is 0.436. The molecule has 2 aromatic carbocycles. The van der Waals surface area contributed by atoms with Crippen molar-refractivity contribution in [3.05, 3.63) is 58.1 Å². The predicted molar refractivity (Wildman–Crippen MR) is 115 cm³/mol. The van der Waals surface area contributed by atoms with Crippen LogP contribution in [0.2, 0.25) is 0 Å². The van der Waals surface area contributed by atoms with Crippen LogP contribution in [0, 0.1) is 0 Å². The van der Waals surface area contributed by atoms with E-state index >= 15 is 0 Å². The second-order valence-electron chi connectivity index (χ2n) is 8.09. The van der Waals surface area contributed by atoms with E-state index in [-0.39, 0.29) is 45.4 Å². The summed E-state index contributed by atoms with van der Waals surface area (Å²) in [5, 5.41) is 0. The largest absolute Gasteiger partial charge is 0.459 e. The predicted octanol–water partition coefficient (Wildman–Crippen LogP) is 3.80. The molecule has 4 rings (SSSR count). The lowest BCUT2D eigenvalue weighted by molar-refractivity contribution is -0.132. The normalized spacial score (nSPS) is 15.3. The molecule has 0 spiro atoms. The summed E-state index contributed by atoms with van der Waals surface area (Å²) in [6, 6.07) is 6.84. The Morgan fingerprint density at radius 3 is 2.09 bits per heavy atom. The summed E-state index contributed by atoms with van der Waals surface area (Å²) < 4.78 is 15.9. The molecule has 8 nitrogen and oxygen atoms in total. The molecule has 0 aliphatic heterocycles. The lowest BCUT2D eigenvalue weighted by Crippen LogP contribution is -2.25. The van der Waals surface area contributed by atoms with Crippen LogP contribution in [-0.4, -0.2) is 35.6 Å². The molecular weight excluding hydrogens is 428 g/mol. The minimum Gasteiger partial charge on any atom is -0.459 e. The zero-order valence-electron chi connectivity index (χ0n) is 18.3. The lowest BCUT2D eigenvalue weighted by atomic mass is 9.82. The first-order valence-electron chi connectivity index (χ1n) is 10.7. The number of hydrogen-bond donors (Lipinski definition) is 0. The molecule has 0 unspecified atom stereocenters. The average Bonchev–Trinajstić information content (AvgIpc) is 2.76. The Bertz CT molecular complexity index is 1190. The maximum atomic E-state index is 13.4. The highest BCUT2D eigenvalue weighted by Crippen LogP contribution is 2.38. The van der Waals surface area contributed by atoms with Crippen LogP contribution in [-0.2, 0) is 14.3 Å². The van der Waals surface area contributed by atoms with Gasteiger partial charge in [-0.05, 0) is 43.9 Å². The highest BCUT2D eigenvalue weighted by Gasteiger charge is 2.37. The average molecular weight is 450 g/mol. The molecule has 8 heteroatoms. The van der Waals surface area contributed by atoms with Gasteiger partial charge >= 0.3 is 17.9 Å². The van der Waals surface area contributed by atoms with E-state index in [0.29, 0.717) is 0 Å². The van der Waals surface area contributed by atoms with Crippen LogP contribution in [0.5, 0.6) is 11.5 Å². The van der Waals surface area contributed by atoms with Gasteiger partial charge in [-0.1, -0.05) is 18.6 Å². The van der Waals surface area contributed by atoms with E-state index in [1.165, 1.54) is 37.3 Å². The lowest BCUT2D eigenvalue weighted by Gasteiger charge is -2.24. The number of carbonyl (C=O) groups excluding carboxylic acids is 5. The van der Waals surface area contributed by atoms with Crippen LogP contribution >= 0.6 is 0 Å². The van der Waals surface area contributed by atoms with Gasteiger partial charge in [-0.2, -0.15) is 0 Å². The zero-order chi connectivity index (χ0) is 23.7. The van der Waals surface area contributed by atoms with Gasteiger partial charge in [0.2, 0.25) is 5.78 Å². The molecule has 0 heterocycles. The standard InChI is InChI=1S/C25H22O8/c1-13(26)31-19-10-6-9-17-21(19)24(29)22-18(23(17)28)11-15(12-20(22)32-14(2)27)25(30)33-16-7-4-3-5-8-16/h6,9-12,16H,3-5,7-8H2,1-2H3. The third-order valence-electron chi connectivity index (χ3n) is 5.64. The first kappa shape index (κ1) is 22.4. The number of ether oxygens (including phenoxy) is 3. The fraction of sp³-hybridized carbons (Fsp3) is 0.320. The van der Waals surface area contributed by atoms with E-state index in [2.05, 4.69) is 0 Å². The van der Waals surface area contributed by atoms with Crippen molar-refractivity contribution in [1.29, 1.82) is 0 Å². The maximum Gasteiger partial charge on any atom is 0.338 e. The molecule has 0 aromatic heterocycles. The number of rotatable bonds is 4. The summed E-state index contributed by atoms with van der Waals surface area (Å²) in [5.74, 6) is -3.55. The first-order valence-corrected chi connectivity index (χ1v) is 10.7. The summed E-state index contributed by atoms with van der Waals surface area (Å²) in [6.07, 6.45) is 4.33. The fourth-order valence-electron chi connectivity index (χ4n) is 4.25. The van der Waals surface area contributed by atoms with E-state index in [1.807, 2.05) is 0 Å². The van der Waals surface area contributed by atoms with E-state index in [4.69, 9.17) is 14.2 Å². The van der Waals surface area contributed by atoms with Crippen molar-refractivity contribution in [1.82, 2.24) is 0 Å². The maximum absolute atomic E-state index is 13.4. The molecule has 0 radical (unpaired) electrons. The molecule has 0 bridgehead atoms. The molecule has 170 valence electrons. The van der Waals surface area contributed by atoms with Crippen LogP contribution in [0.4, 0.5) is 0 Å². The third-order valence-corrected chi connectivity index (χ3v) is 5.64. The molecule has 0 atom stereocenters. The topological polar surface area (TPSA) is 113 Å². The molecule has 1 saturated carbocycles. The van der Waals surface area contributed by atoms with Crippen molar-refractivity contribution in [3.63, 3.8) is 0 Å². The highest BCUT2D eigenvalue weighted by atomic mass is 16.5. The summed E-state index contributed by atoms with van der Waals surface area (Å²) in [6.45, 7) is 2.32. The number of hydrogen-bond acceptors (Lipinski definition) is 8. The van der Waals surface area contributed by atoms with Gasteiger partial charge in [0.15, 0.2) is 5.78 Å². The molecule has 0 saturated heterocycles. The number of ketones is 2. The van der Waals surface area contributed by atoms with Gasteiger partial charge in [0.1, 0.15) is 17.6 Å². The van der Waals surface area contributed by atoms with Crippen molar-refractivity contribution in [2.75, 3.05) is 0 Å². The molecule has 0 N–H and O–H groups in total. The van der Waals surface area contributed by atoms with Crippen molar-refractivity contribution in [2.45, 2.75) is 52.1 Å². The second kappa shape index (κ2) is 8.97. The Labute approximate surface area is 189 Å². The Morgan fingerprint density at radius 1 is 0.788 bits per heavy atom. The van der Waals surface area contributed by atoms with E-state index < -0.39 is 29.5 Å². The van der Waals surface area contributed by atoms with Gasteiger partial charge < -0.3 is 14.2 Å². The summed E-state index contributed by atoms with van der Waals surface area (Å²) >= 11 is 0. The smallest absolute Gasteiger partial charge is 0.338 e. The first-order chi connectivity index (χ1) is 15.8. The summed E-state index contributed by atoms with van der Waals surface area (Å²) in [7, 11) is 0. The summed E-state index contributed by atoms with van der Waals surface area (Å²) in [4.78, 5) is 62.8. The Kier molecular flexibility index (Phi) is 6.09. The van der Waals surface area contributed by atoms with E-state index in [9.17, 15) is 24.0 Å². The third kappa shape index (κ3) is 4.41. The van der Waals surface area contributed by atoms with Crippen LogP contribution in [0.1, 0.15) is 88.2 Å². The Morgan fingerprint density at radius 2 is 1.42 bits per heavy atom. The molecule has 2 aromatic rings. The van der Waals surface area contributed by atoms with E-state index in [1.54, 1.807) is 0 Å². The van der Waals surface area contributed by atoms with Gasteiger partial charge in [-0.15, -0.1) is 0 Å². The molecule has 2 aliphatic rings. The van der Waals surface area contributed by atoms with Crippen molar-refractivity contribution in [3.8, 4) is 11.5 Å². The molecule has 1 fully saturated rings. The monoisotopic (exact) mass is 450 g/mol. The second-order valence-corrected chi connectivity index (χ2v) is 8.09. The van der Waals surface area contributed by atoms with E-state index in [0.717, 1.165) is 39.0 Å². The molecule has 2 aliphatic carbocycles. The molecule has 0 amide bonds. The minimum absolute atomic E-state index is 0.0105. The van der Waals surface area contributed by atoms with Crippen molar-refractivity contribution in [2.24, 2.45) is 0 Å². The summed E-state index contributed by atoms with van der Waals surface area (Å²) in [5.41, 5.74) is -0.316. The van der Waals surface area contributed by atoms with Gasteiger partial charge in [-0.25, -0.2) is 4.79 Å². The SMILES string of the molecule is CC(=O)Oc1cccc2c1C(=O)c1c(OC(C)=O)cc(C(=O)OC3CCCCC3)cc1C2=O. The fourth-order valence-corrected chi connectivity index (χ4v) is 4.25. The Hall–Kier alpha value is -3.81. The van der Waals surface area contributed by atoms with Gasteiger partial charge in [0, 0.05) is 25.0 Å². The molecular formula is C25H22O8. The van der Waals surface area contributed by atoms with Crippen LogP contribution in [0.15, 0.2) is 30.3 Å². The minimum atomic E-state index is -0.727. The van der Waals surface area contributed by atoms with Gasteiger partial charge in [0.05, 0.1) is 16.7 Å². The van der Waals surface area contributed by atoms with Gasteiger partial charge in [0.25, 0.3) is 0 Å². The van der Waals surface area contributed by atoms with Crippen molar-refractivity contribution < 1.29 is 38.2 Å². The van der Waals surface area contributed by atoms with Gasteiger partial charge in [-0.3, -0.25) is 19.2 Å². The highest BCUT2D eigenvalue weighted by molar-refractivity contribution is 6.30.